The monoisotopic (exact) mass is 316 g/mol. The third-order valence-corrected chi connectivity index (χ3v) is 6.08. The summed E-state index contributed by atoms with van der Waals surface area (Å²) in [6.45, 7) is 1.19. The van der Waals surface area contributed by atoms with Crippen molar-refractivity contribution >= 4 is 0 Å². The number of aliphatic hydroxyl groups is 1. The van der Waals surface area contributed by atoms with E-state index < -0.39 is 11.4 Å². The Balaban J connectivity index is 1.71. The van der Waals surface area contributed by atoms with Gasteiger partial charge in [-0.25, -0.2) is 0 Å². The van der Waals surface area contributed by atoms with E-state index >= 15 is 0 Å². The molecular weight excluding hydrogens is 288 g/mol. The standard InChI is InChI=1S/C20H28O3/c21-20-17(16-10-7-8-12-18(16)20)11-6-4-2-1-3-5-9-13-19(20)22-14-15-23-19/h7-8,10,12,17,21H,1-6,9,11,13-15H2/t17-,20+/m1/s1. The fourth-order valence-corrected chi connectivity index (χ4v) is 4.92. The SMILES string of the molecule is O[C@]12c3ccccc3[C@H]1CCCCCCCCCC21OCCO1. The van der Waals surface area contributed by atoms with E-state index in [9.17, 15) is 5.11 Å². The van der Waals surface area contributed by atoms with Crippen LogP contribution in [0.2, 0.25) is 0 Å². The molecule has 0 bridgehead atoms. The van der Waals surface area contributed by atoms with Gasteiger partial charge in [-0.2, -0.15) is 0 Å². The molecule has 3 aliphatic rings. The van der Waals surface area contributed by atoms with Crippen LogP contribution in [0.4, 0.5) is 0 Å². The van der Waals surface area contributed by atoms with E-state index in [4.69, 9.17) is 9.47 Å². The molecule has 1 heterocycles. The summed E-state index contributed by atoms with van der Waals surface area (Å²) >= 11 is 0. The summed E-state index contributed by atoms with van der Waals surface area (Å²) in [5.41, 5.74) is 1.36. The molecule has 3 nitrogen and oxygen atoms in total. The lowest BCUT2D eigenvalue weighted by Crippen LogP contribution is -2.61. The predicted molar refractivity (Wildman–Crippen MR) is 89.3 cm³/mol. The van der Waals surface area contributed by atoms with E-state index in [2.05, 4.69) is 18.2 Å². The summed E-state index contributed by atoms with van der Waals surface area (Å²) < 4.78 is 12.2. The molecular formula is C20H28O3. The average Bonchev–Trinajstić information content (AvgIpc) is 3.05. The van der Waals surface area contributed by atoms with Gasteiger partial charge in [0.2, 0.25) is 5.79 Å². The van der Waals surface area contributed by atoms with E-state index in [1.165, 1.54) is 44.1 Å². The topological polar surface area (TPSA) is 38.7 Å². The normalized spacial score (nSPS) is 33.9. The molecule has 1 spiro atoms. The van der Waals surface area contributed by atoms with Crippen molar-refractivity contribution in [3.05, 3.63) is 35.4 Å². The lowest BCUT2D eigenvalue weighted by atomic mass is 9.58. The Morgan fingerprint density at radius 3 is 2.30 bits per heavy atom. The Bertz CT molecular complexity index is 550. The van der Waals surface area contributed by atoms with Crippen molar-refractivity contribution < 1.29 is 14.6 Å². The third-order valence-electron chi connectivity index (χ3n) is 6.08. The highest BCUT2D eigenvalue weighted by atomic mass is 16.7. The molecule has 1 aliphatic heterocycles. The quantitative estimate of drug-likeness (QED) is 0.778. The second-order valence-electron chi connectivity index (χ2n) is 7.37. The average molecular weight is 316 g/mol. The van der Waals surface area contributed by atoms with E-state index in [-0.39, 0.29) is 5.92 Å². The number of benzene rings is 1. The van der Waals surface area contributed by atoms with Crippen molar-refractivity contribution in [3.8, 4) is 0 Å². The van der Waals surface area contributed by atoms with Crippen molar-refractivity contribution in [2.45, 2.75) is 75.1 Å². The minimum Gasteiger partial charge on any atom is -0.379 e. The Morgan fingerprint density at radius 2 is 1.52 bits per heavy atom. The van der Waals surface area contributed by atoms with Crippen LogP contribution in [-0.2, 0) is 15.1 Å². The number of hydrogen-bond acceptors (Lipinski definition) is 3. The smallest absolute Gasteiger partial charge is 0.202 e. The van der Waals surface area contributed by atoms with Gasteiger partial charge in [0.25, 0.3) is 0 Å². The number of fused-ring (bicyclic) bond motifs is 5. The zero-order valence-corrected chi connectivity index (χ0v) is 13.9. The van der Waals surface area contributed by atoms with Gasteiger partial charge in [-0.05, 0) is 24.0 Å². The third kappa shape index (κ3) is 2.36. The molecule has 2 atom stereocenters. The predicted octanol–water partition coefficient (Wildman–Crippen LogP) is 4.24. The number of hydrogen-bond donors (Lipinski definition) is 1. The van der Waals surface area contributed by atoms with Gasteiger partial charge in [0.05, 0.1) is 13.2 Å². The first kappa shape index (κ1) is 15.6. The maximum atomic E-state index is 11.8. The first-order chi connectivity index (χ1) is 11.3. The van der Waals surface area contributed by atoms with E-state index in [1.54, 1.807) is 0 Å². The van der Waals surface area contributed by atoms with Crippen molar-refractivity contribution in [1.29, 1.82) is 0 Å². The summed E-state index contributed by atoms with van der Waals surface area (Å²) in [7, 11) is 0. The maximum absolute atomic E-state index is 11.8. The van der Waals surface area contributed by atoms with Crippen LogP contribution in [0.5, 0.6) is 0 Å². The molecule has 0 aromatic heterocycles. The molecule has 0 radical (unpaired) electrons. The van der Waals surface area contributed by atoms with Crippen LogP contribution < -0.4 is 0 Å². The summed E-state index contributed by atoms with van der Waals surface area (Å²) in [5.74, 6) is -0.679. The van der Waals surface area contributed by atoms with E-state index in [1.807, 2.05) is 6.07 Å². The van der Waals surface area contributed by atoms with E-state index in [0.717, 1.165) is 24.8 Å². The van der Waals surface area contributed by atoms with Gasteiger partial charge in [0, 0.05) is 12.3 Å². The highest BCUT2D eigenvalue weighted by molar-refractivity contribution is 5.49. The van der Waals surface area contributed by atoms with Crippen LogP contribution >= 0.6 is 0 Å². The fourth-order valence-electron chi connectivity index (χ4n) is 4.92. The lowest BCUT2D eigenvalue weighted by Gasteiger charge is -2.55. The van der Waals surface area contributed by atoms with Crippen LogP contribution in [0.3, 0.4) is 0 Å². The van der Waals surface area contributed by atoms with Crippen molar-refractivity contribution in [1.82, 2.24) is 0 Å². The first-order valence-corrected chi connectivity index (χ1v) is 9.38. The molecule has 1 aromatic carbocycles. The molecule has 3 heteroatoms. The van der Waals surface area contributed by atoms with Crippen molar-refractivity contribution in [2.75, 3.05) is 13.2 Å². The molecule has 0 amide bonds. The Hall–Kier alpha value is -0.900. The summed E-state index contributed by atoms with van der Waals surface area (Å²) in [6, 6.07) is 8.33. The molecule has 1 aromatic rings. The second kappa shape index (κ2) is 6.19. The minimum atomic E-state index is -0.973. The molecule has 2 aliphatic carbocycles. The molecule has 126 valence electrons. The van der Waals surface area contributed by atoms with Gasteiger partial charge >= 0.3 is 0 Å². The van der Waals surface area contributed by atoms with Crippen molar-refractivity contribution in [2.24, 2.45) is 0 Å². The van der Waals surface area contributed by atoms with Crippen LogP contribution in [0.1, 0.15) is 74.8 Å². The Kier molecular flexibility index (Phi) is 4.21. The van der Waals surface area contributed by atoms with Gasteiger partial charge < -0.3 is 14.6 Å². The number of rotatable bonds is 0. The van der Waals surface area contributed by atoms with Gasteiger partial charge in [-0.15, -0.1) is 0 Å². The summed E-state index contributed by atoms with van der Waals surface area (Å²) in [6.07, 6.45) is 10.5. The molecule has 2 fully saturated rings. The van der Waals surface area contributed by atoms with E-state index in [0.29, 0.717) is 13.2 Å². The second-order valence-corrected chi connectivity index (χ2v) is 7.37. The molecule has 0 unspecified atom stereocenters. The highest BCUT2D eigenvalue weighted by Gasteiger charge is 2.65. The molecule has 1 saturated carbocycles. The first-order valence-electron chi connectivity index (χ1n) is 9.38. The largest absolute Gasteiger partial charge is 0.379 e. The van der Waals surface area contributed by atoms with Crippen LogP contribution in [0.25, 0.3) is 0 Å². The minimum absolute atomic E-state index is 0.149. The zero-order chi connectivity index (χ0) is 15.8. The number of ether oxygens (including phenoxy) is 2. The molecule has 4 rings (SSSR count). The summed E-state index contributed by atoms with van der Waals surface area (Å²) in [5, 5.41) is 11.8. The molecule has 23 heavy (non-hydrogen) atoms. The Labute approximate surface area is 139 Å². The van der Waals surface area contributed by atoms with Gasteiger partial charge in [-0.1, -0.05) is 62.8 Å². The van der Waals surface area contributed by atoms with Gasteiger partial charge in [0.1, 0.15) is 0 Å². The molecule has 1 saturated heterocycles. The maximum Gasteiger partial charge on any atom is 0.202 e. The van der Waals surface area contributed by atoms with Crippen LogP contribution in [0, 0.1) is 0 Å². The van der Waals surface area contributed by atoms with Gasteiger partial charge in [-0.3, -0.25) is 0 Å². The zero-order valence-electron chi connectivity index (χ0n) is 13.9. The lowest BCUT2D eigenvalue weighted by molar-refractivity contribution is -0.299. The molecule has 1 N–H and O–H groups in total. The van der Waals surface area contributed by atoms with Crippen molar-refractivity contribution in [3.63, 3.8) is 0 Å². The van der Waals surface area contributed by atoms with Gasteiger partial charge in [0.15, 0.2) is 5.60 Å². The van der Waals surface area contributed by atoms with Crippen LogP contribution in [0.15, 0.2) is 24.3 Å². The highest BCUT2D eigenvalue weighted by Crippen LogP contribution is 2.61. The fraction of sp³-hybridized carbons (Fsp3) is 0.700. The summed E-state index contributed by atoms with van der Waals surface area (Å²) in [4.78, 5) is 0. The Morgan fingerprint density at radius 1 is 0.870 bits per heavy atom. The van der Waals surface area contributed by atoms with Crippen LogP contribution in [-0.4, -0.2) is 24.1 Å².